The molecule has 3 aromatic rings. The summed E-state index contributed by atoms with van der Waals surface area (Å²) in [6.07, 6.45) is 2.42. The van der Waals surface area contributed by atoms with Crippen LogP contribution in [-0.4, -0.2) is 27.4 Å². The molecule has 1 N–H and O–H groups in total. The summed E-state index contributed by atoms with van der Waals surface area (Å²) in [7, 11) is -3.63. The molecule has 0 aromatic heterocycles. The van der Waals surface area contributed by atoms with E-state index in [0.717, 1.165) is 16.8 Å². The van der Waals surface area contributed by atoms with Crippen molar-refractivity contribution in [3.63, 3.8) is 0 Å². The summed E-state index contributed by atoms with van der Waals surface area (Å²) in [5.74, 6) is 0.249. The van der Waals surface area contributed by atoms with Crippen LogP contribution in [0.15, 0.2) is 77.7 Å². The van der Waals surface area contributed by atoms with Crippen molar-refractivity contribution in [2.45, 2.75) is 36.5 Å². The Morgan fingerprint density at radius 2 is 1.44 bits per heavy atom. The van der Waals surface area contributed by atoms with Gasteiger partial charge in [-0.3, -0.25) is 4.79 Å². The van der Waals surface area contributed by atoms with Crippen LogP contribution < -0.4 is 9.62 Å². The number of amides is 1. The molecule has 0 radical (unpaired) electrons. The van der Waals surface area contributed by atoms with Crippen LogP contribution in [0.25, 0.3) is 0 Å². The van der Waals surface area contributed by atoms with Gasteiger partial charge in [-0.15, -0.1) is 0 Å². The maximum Gasteiger partial charge on any atom is 0.240 e. The van der Waals surface area contributed by atoms with Crippen LogP contribution in [0.3, 0.4) is 0 Å². The first-order valence-electron chi connectivity index (χ1n) is 11.1. The van der Waals surface area contributed by atoms with Crippen molar-refractivity contribution in [1.29, 1.82) is 0 Å². The van der Waals surface area contributed by atoms with E-state index in [9.17, 15) is 13.2 Å². The smallest absolute Gasteiger partial charge is 0.240 e. The van der Waals surface area contributed by atoms with Gasteiger partial charge in [0, 0.05) is 25.4 Å². The zero-order valence-electron chi connectivity index (χ0n) is 17.8. The van der Waals surface area contributed by atoms with Crippen LogP contribution >= 0.6 is 0 Å². The number of nitrogens with zero attached hydrogens (tertiary/aromatic N) is 1. The number of rotatable bonds is 7. The summed E-state index contributed by atoms with van der Waals surface area (Å²) in [6.45, 7) is 0.988. The Kier molecular flexibility index (Phi) is 5.57. The molecule has 6 heteroatoms. The first-order valence-corrected chi connectivity index (χ1v) is 12.6. The number of sulfonamides is 1. The molecule has 32 heavy (non-hydrogen) atoms. The van der Waals surface area contributed by atoms with E-state index in [1.807, 2.05) is 41.3 Å². The van der Waals surface area contributed by atoms with Crippen LogP contribution in [0, 0.1) is 0 Å². The molecule has 5 nitrogen and oxygen atoms in total. The van der Waals surface area contributed by atoms with Crippen LogP contribution in [-0.2, 0) is 27.7 Å². The fourth-order valence-electron chi connectivity index (χ4n) is 4.90. The predicted molar refractivity (Wildman–Crippen MR) is 125 cm³/mol. The van der Waals surface area contributed by atoms with Gasteiger partial charge in [-0.2, -0.15) is 0 Å². The van der Waals surface area contributed by atoms with E-state index in [4.69, 9.17) is 0 Å². The van der Waals surface area contributed by atoms with E-state index >= 15 is 0 Å². The maximum atomic E-state index is 13.1. The van der Waals surface area contributed by atoms with Crippen molar-refractivity contribution in [1.82, 2.24) is 4.72 Å². The van der Waals surface area contributed by atoms with Crippen molar-refractivity contribution in [3.05, 3.63) is 95.1 Å². The number of carbonyl (C=O) groups is 1. The molecule has 164 valence electrons. The number of hydrogen-bond acceptors (Lipinski definition) is 3. The summed E-state index contributed by atoms with van der Waals surface area (Å²) in [6, 6.07) is 23.9. The van der Waals surface area contributed by atoms with Crippen molar-refractivity contribution in [2.75, 3.05) is 18.0 Å². The first kappa shape index (κ1) is 20.9. The molecule has 0 saturated heterocycles. The Bertz CT molecular complexity index is 1200. The topological polar surface area (TPSA) is 66.5 Å². The van der Waals surface area contributed by atoms with Gasteiger partial charge in [0.25, 0.3) is 0 Å². The molecule has 3 aromatic carbocycles. The van der Waals surface area contributed by atoms with Crippen LogP contribution in [0.2, 0.25) is 0 Å². The second-order valence-electron chi connectivity index (χ2n) is 8.45. The van der Waals surface area contributed by atoms with Crippen molar-refractivity contribution >= 4 is 21.6 Å². The summed E-state index contributed by atoms with van der Waals surface area (Å²) in [5.41, 5.74) is 5.21. The number of nitrogens with one attached hydrogen (secondary N) is 1. The molecule has 0 spiro atoms. The third-order valence-electron chi connectivity index (χ3n) is 6.46. The predicted octanol–water partition coefficient (Wildman–Crippen LogP) is 4.02. The van der Waals surface area contributed by atoms with Crippen molar-refractivity contribution in [3.8, 4) is 0 Å². The maximum absolute atomic E-state index is 13.1. The van der Waals surface area contributed by atoms with Gasteiger partial charge in [-0.05, 0) is 53.6 Å². The zero-order chi connectivity index (χ0) is 22.1. The monoisotopic (exact) mass is 446 g/mol. The molecule has 2 aliphatic rings. The lowest BCUT2D eigenvalue weighted by molar-refractivity contribution is -0.118. The third kappa shape index (κ3) is 3.96. The van der Waals surface area contributed by atoms with Gasteiger partial charge in [0.1, 0.15) is 0 Å². The van der Waals surface area contributed by atoms with E-state index in [1.165, 1.54) is 11.1 Å². The summed E-state index contributed by atoms with van der Waals surface area (Å²) >= 11 is 0. The summed E-state index contributed by atoms with van der Waals surface area (Å²) < 4.78 is 29.1. The molecule has 2 aliphatic heterocycles. The fourth-order valence-corrected chi connectivity index (χ4v) is 6.05. The van der Waals surface area contributed by atoms with Crippen LogP contribution in [0.1, 0.15) is 41.0 Å². The largest absolute Gasteiger partial charge is 0.312 e. The normalized spacial score (nSPS) is 15.3. The zero-order valence-corrected chi connectivity index (χ0v) is 18.6. The Balaban J connectivity index is 1.35. The minimum absolute atomic E-state index is 0.112. The lowest BCUT2D eigenvalue weighted by Crippen LogP contribution is -2.33. The molecule has 0 saturated carbocycles. The van der Waals surface area contributed by atoms with Gasteiger partial charge in [-0.1, -0.05) is 60.7 Å². The molecule has 0 bridgehead atoms. The highest BCUT2D eigenvalue weighted by Gasteiger charge is 2.32. The van der Waals surface area contributed by atoms with E-state index in [0.29, 0.717) is 43.7 Å². The van der Waals surface area contributed by atoms with Crippen molar-refractivity contribution in [2.24, 2.45) is 0 Å². The minimum Gasteiger partial charge on any atom is -0.312 e. The number of carbonyl (C=O) groups excluding carboxylic acids is 1. The Labute approximate surface area is 189 Å². The van der Waals surface area contributed by atoms with Gasteiger partial charge in [-0.25, -0.2) is 13.1 Å². The van der Waals surface area contributed by atoms with E-state index in [-0.39, 0.29) is 11.8 Å². The average Bonchev–Trinajstić information content (AvgIpc) is 3.26. The minimum atomic E-state index is -3.63. The van der Waals surface area contributed by atoms with Gasteiger partial charge >= 0.3 is 0 Å². The van der Waals surface area contributed by atoms with E-state index in [2.05, 4.69) is 29.0 Å². The van der Waals surface area contributed by atoms with E-state index in [1.54, 1.807) is 12.1 Å². The molecular formula is C26H26N2O3S. The second kappa shape index (κ2) is 8.52. The molecule has 2 heterocycles. The number of hydrogen-bond donors (Lipinski definition) is 1. The molecular weight excluding hydrogens is 420 g/mol. The average molecular weight is 447 g/mol. The highest BCUT2D eigenvalue weighted by Crippen LogP contribution is 2.38. The number of aryl methyl sites for hydroxylation is 1. The van der Waals surface area contributed by atoms with Gasteiger partial charge < -0.3 is 4.90 Å². The molecule has 0 fully saturated rings. The first-order chi connectivity index (χ1) is 15.5. The highest BCUT2D eigenvalue weighted by atomic mass is 32.2. The molecule has 0 aliphatic carbocycles. The van der Waals surface area contributed by atoms with Gasteiger partial charge in [0.05, 0.1) is 10.6 Å². The van der Waals surface area contributed by atoms with E-state index < -0.39 is 10.0 Å². The summed E-state index contributed by atoms with van der Waals surface area (Å²) in [4.78, 5) is 14.2. The fraction of sp³-hybridized carbons (Fsp3) is 0.269. The molecule has 0 unspecified atom stereocenters. The summed E-state index contributed by atoms with van der Waals surface area (Å²) in [5, 5.41) is 0. The lowest BCUT2D eigenvalue weighted by atomic mass is 9.89. The van der Waals surface area contributed by atoms with Crippen molar-refractivity contribution < 1.29 is 13.2 Å². The lowest BCUT2D eigenvalue weighted by Gasteiger charge is -2.25. The van der Waals surface area contributed by atoms with Gasteiger partial charge in [0.15, 0.2) is 0 Å². The Hall–Kier alpha value is -2.96. The van der Waals surface area contributed by atoms with Gasteiger partial charge in [0.2, 0.25) is 15.9 Å². The number of anilines is 1. The molecule has 0 atom stereocenters. The Morgan fingerprint density at radius 3 is 2.06 bits per heavy atom. The Morgan fingerprint density at radius 1 is 0.844 bits per heavy atom. The third-order valence-corrected chi connectivity index (χ3v) is 7.90. The molecule has 1 amide bonds. The standard InChI is InChI=1S/C26H26N2O3S/c29-25-12-11-21-17-23(18-22-14-16-28(25)26(21)22)32(30,31)27-15-13-24(19-7-3-1-4-8-19)20-9-5-2-6-10-20/h1-10,17-18,24,27H,11-16H2. The SMILES string of the molecule is O=C1CCc2cc(S(=O)(=O)NCCC(c3ccccc3)c3ccccc3)cc3c2N1CC3. The second-order valence-corrected chi connectivity index (χ2v) is 10.2. The highest BCUT2D eigenvalue weighted by molar-refractivity contribution is 7.89. The van der Waals surface area contributed by atoms with Crippen LogP contribution in [0.4, 0.5) is 5.69 Å². The quantitative estimate of drug-likeness (QED) is 0.596. The van der Waals surface area contributed by atoms with Crippen LogP contribution in [0.5, 0.6) is 0 Å². The number of benzene rings is 3. The molecule has 5 rings (SSSR count).